The van der Waals surface area contributed by atoms with E-state index in [1.165, 1.54) is 11.3 Å². The summed E-state index contributed by atoms with van der Waals surface area (Å²) < 4.78 is 2.05. The van der Waals surface area contributed by atoms with E-state index in [1.54, 1.807) is 11.3 Å². The molecule has 2 aromatic heterocycles. The van der Waals surface area contributed by atoms with E-state index in [9.17, 15) is 0 Å². The van der Waals surface area contributed by atoms with Crippen LogP contribution in [0.15, 0.2) is 11.6 Å². The second-order valence-electron chi connectivity index (χ2n) is 4.10. The fourth-order valence-electron chi connectivity index (χ4n) is 2.20. The number of aryl methyl sites for hydroxylation is 2. The first-order valence-corrected chi connectivity index (χ1v) is 6.71. The maximum absolute atomic E-state index is 4.54. The maximum Gasteiger partial charge on any atom is 0.183 e. The average molecular weight is 250 g/mol. The van der Waals surface area contributed by atoms with Crippen molar-refractivity contribution in [1.29, 1.82) is 0 Å². The molecule has 2 aromatic rings. The van der Waals surface area contributed by atoms with Crippen LogP contribution in [0.1, 0.15) is 36.8 Å². The van der Waals surface area contributed by atoms with Crippen LogP contribution in [0.4, 0.5) is 5.13 Å². The maximum atomic E-state index is 4.54. The zero-order valence-electron chi connectivity index (χ0n) is 10.7. The molecule has 0 saturated carbocycles. The van der Waals surface area contributed by atoms with Crippen molar-refractivity contribution >= 4 is 16.5 Å². The lowest BCUT2D eigenvalue weighted by atomic mass is 10.1. The number of hydrogen-bond acceptors (Lipinski definition) is 4. The summed E-state index contributed by atoms with van der Waals surface area (Å²) in [6, 6.07) is 0.237. The third kappa shape index (κ3) is 2.34. The van der Waals surface area contributed by atoms with E-state index in [0.29, 0.717) is 0 Å². The van der Waals surface area contributed by atoms with Crippen molar-refractivity contribution in [3.8, 4) is 0 Å². The molecule has 0 aliphatic carbocycles. The SMILES string of the molecule is CCn1nc(C)c(C(C)Nc2nccs2)c1C. The highest BCUT2D eigenvalue weighted by atomic mass is 32.1. The molecule has 0 bridgehead atoms. The van der Waals surface area contributed by atoms with Crippen LogP contribution in [-0.2, 0) is 6.54 Å². The standard InChI is InChI=1S/C12H18N4S/c1-5-16-10(4)11(9(3)15-16)8(2)14-12-13-6-7-17-12/h6-8H,5H2,1-4H3,(H,13,14). The van der Waals surface area contributed by atoms with E-state index in [-0.39, 0.29) is 6.04 Å². The molecule has 1 unspecified atom stereocenters. The lowest BCUT2D eigenvalue weighted by molar-refractivity contribution is 0.632. The molecule has 2 rings (SSSR count). The smallest absolute Gasteiger partial charge is 0.183 e. The van der Waals surface area contributed by atoms with Gasteiger partial charge in [-0.25, -0.2) is 4.98 Å². The number of anilines is 1. The Morgan fingerprint density at radius 3 is 2.76 bits per heavy atom. The zero-order valence-corrected chi connectivity index (χ0v) is 11.5. The Balaban J connectivity index is 2.24. The molecule has 0 amide bonds. The van der Waals surface area contributed by atoms with Gasteiger partial charge in [-0.15, -0.1) is 11.3 Å². The van der Waals surface area contributed by atoms with Crippen LogP contribution in [0.25, 0.3) is 0 Å². The molecule has 0 spiro atoms. The Morgan fingerprint density at radius 1 is 1.47 bits per heavy atom. The van der Waals surface area contributed by atoms with Gasteiger partial charge in [0.05, 0.1) is 11.7 Å². The predicted octanol–water partition coefficient (Wildman–Crippen LogP) is 3.15. The third-order valence-corrected chi connectivity index (χ3v) is 3.65. The van der Waals surface area contributed by atoms with Gasteiger partial charge in [0.15, 0.2) is 5.13 Å². The molecule has 4 nitrogen and oxygen atoms in total. The molecule has 2 heterocycles. The highest BCUT2D eigenvalue weighted by Gasteiger charge is 2.17. The number of aromatic nitrogens is 3. The minimum Gasteiger partial charge on any atom is -0.355 e. The first-order valence-electron chi connectivity index (χ1n) is 5.83. The molecule has 0 aliphatic heterocycles. The van der Waals surface area contributed by atoms with Gasteiger partial charge in [0.2, 0.25) is 0 Å². The molecular weight excluding hydrogens is 232 g/mol. The Hall–Kier alpha value is -1.36. The van der Waals surface area contributed by atoms with E-state index < -0.39 is 0 Å². The van der Waals surface area contributed by atoms with E-state index >= 15 is 0 Å². The van der Waals surface area contributed by atoms with E-state index in [0.717, 1.165) is 17.4 Å². The van der Waals surface area contributed by atoms with Gasteiger partial charge in [-0.05, 0) is 27.7 Å². The fraction of sp³-hybridized carbons (Fsp3) is 0.500. The summed E-state index contributed by atoms with van der Waals surface area (Å²) in [5, 5.41) is 10.9. The summed E-state index contributed by atoms with van der Waals surface area (Å²) in [6.07, 6.45) is 1.81. The minimum atomic E-state index is 0.237. The molecule has 0 radical (unpaired) electrons. The topological polar surface area (TPSA) is 42.7 Å². The molecule has 1 atom stereocenters. The number of thiazole rings is 1. The van der Waals surface area contributed by atoms with Crippen molar-refractivity contribution in [1.82, 2.24) is 14.8 Å². The average Bonchev–Trinajstić information content (AvgIpc) is 2.87. The van der Waals surface area contributed by atoms with E-state index in [4.69, 9.17) is 0 Å². The summed E-state index contributed by atoms with van der Waals surface area (Å²) in [5.74, 6) is 0. The molecule has 0 fully saturated rings. The number of hydrogen-bond donors (Lipinski definition) is 1. The van der Waals surface area contributed by atoms with Crippen LogP contribution < -0.4 is 5.32 Å². The van der Waals surface area contributed by atoms with Crippen LogP contribution in [0.2, 0.25) is 0 Å². The van der Waals surface area contributed by atoms with Gasteiger partial charge in [-0.3, -0.25) is 4.68 Å². The molecule has 1 N–H and O–H groups in total. The quantitative estimate of drug-likeness (QED) is 0.906. The van der Waals surface area contributed by atoms with Crippen molar-refractivity contribution in [3.63, 3.8) is 0 Å². The van der Waals surface area contributed by atoms with Crippen LogP contribution in [0.3, 0.4) is 0 Å². The van der Waals surface area contributed by atoms with Crippen LogP contribution >= 0.6 is 11.3 Å². The Bertz CT molecular complexity index is 487. The Labute approximate surface area is 106 Å². The van der Waals surface area contributed by atoms with Gasteiger partial charge in [0.25, 0.3) is 0 Å². The molecule has 0 saturated heterocycles. The molecular formula is C12H18N4S. The summed E-state index contributed by atoms with van der Waals surface area (Å²) in [5.41, 5.74) is 3.62. The number of nitrogens with zero attached hydrogens (tertiary/aromatic N) is 3. The number of rotatable bonds is 4. The van der Waals surface area contributed by atoms with E-state index in [1.807, 2.05) is 16.3 Å². The first kappa shape index (κ1) is 12.1. The highest BCUT2D eigenvalue weighted by molar-refractivity contribution is 7.13. The van der Waals surface area contributed by atoms with Crippen molar-refractivity contribution in [2.75, 3.05) is 5.32 Å². The van der Waals surface area contributed by atoms with Gasteiger partial charge < -0.3 is 5.32 Å². The van der Waals surface area contributed by atoms with Crippen molar-refractivity contribution in [2.45, 2.75) is 40.3 Å². The zero-order chi connectivity index (χ0) is 12.4. The third-order valence-electron chi connectivity index (χ3n) is 2.94. The lowest BCUT2D eigenvalue weighted by Crippen LogP contribution is -2.09. The van der Waals surface area contributed by atoms with Gasteiger partial charge in [-0.2, -0.15) is 5.10 Å². The van der Waals surface area contributed by atoms with E-state index in [2.05, 4.69) is 43.1 Å². The Morgan fingerprint density at radius 2 is 2.24 bits per heavy atom. The highest BCUT2D eigenvalue weighted by Crippen LogP contribution is 2.25. The fourth-order valence-corrected chi connectivity index (χ4v) is 2.81. The van der Waals surface area contributed by atoms with Crippen molar-refractivity contribution in [3.05, 3.63) is 28.5 Å². The minimum absolute atomic E-state index is 0.237. The monoisotopic (exact) mass is 250 g/mol. The normalized spacial score (nSPS) is 12.7. The van der Waals surface area contributed by atoms with Gasteiger partial charge >= 0.3 is 0 Å². The van der Waals surface area contributed by atoms with Gasteiger partial charge in [-0.1, -0.05) is 0 Å². The second kappa shape index (κ2) is 4.87. The Kier molecular flexibility index (Phi) is 3.47. The van der Waals surface area contributed by atoms with Crippen molar-refractivity contribution < 1.29 is 0 Å². The van der Waals surface area contributed by atoms with Gasteiger partial charge in [0, 0.05) is 29.4 Å². The predicted molar refractivity (Wildman–Crippen MR) is 71.5 cm³/mol. The molecule has 17 heavy (non-hydrogen) atoms. The summed E-state index contributed by atoms with van der Waals surface area (Å²) in [6.45, 7) is 9.37. The molecule has 0 aromatic carbocycles. The summed E-state index contributed by atoms with van der Waals surface area (Å²) >= 11 is 1.62. The van der Waals surface area contributed by atoms with Crippen LogP contribution in [-0.4, -0.2) is 14.8 Å². The molecule has 0 aliphatic rings. The lowest BCUT2D eigenvalue weighted by Gasteiger charge is -2.13. The van der Waals surface area contributed by atoms with Crippen LogP contribution in [0.5, 0.6) is 0 Å². The van der Waals surface area contributed by atoms with Crippen molar-refractivity contribution in [2.24, 2.45) is 0 Å². The summed E-state index contributed by atoms with van der Waals surface area (Å²) in [7, 11) is 0. The summed E-state index contributed by atoms with van der Waals surface area (Å²) in [4.78, 5) is 4.25. The largest absolute Gasteiger partial charge is 0.355 e. The van der Waals surface area contributed by atoms with Crippen LogP contribution in [0, 0.1) is 13.8 Å². The molecule has 5 heteroatoms. The second-order valence-corrected chi connectivity index (χ2v) is 5.00. The number of nitrogens with one attached hydrogen (secondary N) is 1. The van der Waals surface area contributed by atoms with Gasteiger partial charge in [0.1, 0.15) is 0 Å². The molecule has 92 valence electrons. The first-order chi connectivity index (χ1) is 8.13.